The average Bonchev–Trinajstić information content (AvgIpc) is 3.96. The van der Waals surface area contributed by atoms with Gasteiger partial charge in [0.2, 0.25) is 0 Å². The molecule has 3 aliphatic rings. The van der Waals surface area contributed by atoms with Crippen LogP contribution >= 0.6 is 0 Å². The van der Waals surface area contributed by atoms with Crippen LogP contribution in [0.25, 0.3) is 0 Å². The lowest BCUT2D eigenvalue weighted by Gasteiger charge is -2.33. The predicted molar refractivity (Wildman–Crippen MR) is 178 cm³/mol. The summed E-state index contributed by atoms with van der Waals surface area (Å²) >= 11 is 0. The first-order valence-corrected chi connectivity index (χ1v) is 16.5. The maximum atomic E-state index is 9.55. The van der Waals surface area contributed by atoms with Crippen molar-refractivity contribution in [3.63, 3.8) is 0 Å². The molecule has 2 saturated heterocycles. The van der Waals surface area contributed by atoms with Gasteiger partial charge in [0, 0.05) is 10.8 Å². The Kier molecular flexibility index (Phi) is 8.53. The van der Waals surface area contributed by atoms with E-state index in [0.29, 0.717) is 25.7 Å². The van der Waals surface area contributed by atoms with E-state index in [1.54, 1.807) is 0 Å². The van der Waals surface area contributed by atoms with Crippen LogP contribution in [0.3, 0.4) is 0 Å². The molecule has 3 fully saturated rings. The van der Waals surface area contributed by atoms with E-state index in [1.807, 2.05) is 0 Å². The van der Waals surface area contributed by atoms with Crippen LogP contribution in [-0.4, -0.2) is 56.5 Å². The molecule has 4 unspecified atom stereocenters. The van der Waals surface area contributed by atoms with Gasteiger partial charge in [-0.3, -0.25) is 0 Å². The molecular formula is C40H44O6. The number of aliphatic hydroxyl groups is 1. The molecule has 4 aromatic carbocycles. The highest BCUT2D eigenvalue weighted by Gasteiger charge is 2.35. The van der Waals surface area contributed by atoms with E-state index in [0.717, 1.165) is 43.3 Å². The van der Waals surface area contributed by atoms with Crippen LogP contribution in [0.5, 0.6) is 17.2 Å². The third-order valence-corrected chi connectivity index (χ3v) is 9.94. The fourth-order valence-electron chi connectivity index (χ4n) is 6.20. The van der Waals surface area contributed by atoms with Gasteiger partial charge in [-0.1, -0.05) is 74.5 Å². The topological polar surface area (TPSA) is 73.0 Å². The number of rotatable bonds is 15. The molecule has 0 bridgehead atoms. The first kappa shape index (κ1) is 30.8. The fourth-order valence-corrected chi connectivity index (χ4v) is 6.20. The Balaban J connectivity index is 1.11. The van der Waals surface area contributed by atoms with Crippen LogP contribution < -0.4 is 14.2 Å². The molecule has 6 nitrogen and oxygen atoms in total. The van der Waals surface area contributed by atoms with Crippen LogP contribution in [0.4, 0.5) is 0 Å². The summed E-state index contributed by atoms with van der Waals surface area (Å²) < 4.78 is 28.4. The Bertz CT molecular complexity index is 1530. The maximum absolute atomic E-state index is 9.55. The van der Waals surface area contributed by atoms with Crippen molar-refractivity contribution in [2.45, 2.75) is 62.8 Å². The summed E-state index contributed by atoms with van der Waals surface area (Å²) in [7, 11) is 0. The third-order valence-electron chi connectivity index (χ3n) is 9.94. The van der Waals surface area contributed by atoms with Crippen LogP contribution in [0.2, 0.25) is 0 Å². The number of aliphatic hydroxyl groups excluding tert-OH is 1. The Morgan fingerprint density at radius 2 is 0.935 bits per heavy atom. The molecule has 6 heteroatoms. The molecule has 0 aromatic heterocycles. The van der Waals surface area contributed by atoms with Crippen LogP contribution in [0.15, 0.2) is 97.1 Å². The van der Waals surface area contributed by atoms with Crippen LogP contribution in [0, 0.1) is 5.92 Å². The molecule has 2 aliphatic heterocycles. The second-order valence-corrected chi connectivity index (χ2v) is 13.6. The molecule has 240 valence electrons. The van der Waals surface area contributed by atoms with Crippen molar-refractivity contribution in [2.24, 2.45) is 5.92 Å². The summed E-state index contributed by atoms with van der Waals surface area (Å²) in [5.41, 5.74) is 5.44. The number of benzene rings is 4. The predicted octanol–water partition coefficient (Wildman–Crippen LogP) is 7.07. The molecule has 4 aromatic rings. The quantitative estimate of drug-likeness (QED) is 0.113. The zero-order valence-corrected chi connectivity index (χ0v) is 27.0. The van der Waals surface area contributed by atoms with E-state index in [2.05, 4.69) is 118 Å². The van der Waals surface area contributed by atoms with Gasteiger partial charge in [-0.15, -0.1) is 0 Å². The van der Waals surface area contributed by atoms with E-state index in [9.17, 15) is 5.11 Å². The normalized spacial score (nSPS) is 22.9. The van der Waals surface area contributed by atoms with Gasteiger partial charge in [-0.2, -0.15) is 0 Å². The third kappa shape index (κ3) is 6.95. The van der Waals surface area contributed by atoms with Gasteiger partial charge >= 0.3 is 0 Å². The summed E-state index contributed by atoms with van der Waals surface area (Å²) in [4.78, 5) is 0. The standard InChI is InChI=1S/C40H44O6/c1-39(2,29-8-14-33(15-9-29)42-21-20-27-22-38(27)41)28-4-6-30(7-5-28)40(3,31-10-16-34(17-11-31)43-23-36-25-45-36)32-12-18-35(19-13-32)44-24-37-26-46-37/h4-19,27,36-38,41H,20-26H2,1-3H3. The molecule has 1 saturated carbocycles. The summed E-state index contributed by atoms with van der Waals surface area (Å²) in [6, 6.07) is 34.4. The fraction of sp³-hybridized carbons (Fsp3) is 0.400. The number of hydrogen-bond donors (Lipinski definition) is 1. The van der Waals surface area contributed by atoms with Crippen molar-refractivity contribution in [3.05, 3.63) is 125 Å². The Hall–Kier alpha value is -3.84. The van der Waals surface area contributed by atoms with Crippen molar-refractivity contribution >= 4 is 0 Å². The number of epoxide rings is 2. The first-order chi connectivity index (χ1) is 22.3. The van der Waals surface area contributed by atoms with E-state index >= 15 is 0 Å². The lowest BCUT2D eigenvalue weighted by atomic mass is 9.70. The first-order valence-electron chi connectivity index (χ1n) is 16.5. The van der Waals surface area contributed by atoms with Crippen molar-refractivity contribution in [1.82, 2.24) is 0 Å². The minimum atomic E-state index is -0.408. The molecule has 1 N–H and O–H groups in total. The molecule has 46 heavy (non-hydrogen) atoms. The van der Waals surface area contributed by atoms with E-state index in [4.69, 9.17) is 23.7 Å². The molecule has 1 aliphatic carbocycles. The van der Waals surface area contributed by atoms with Crippen molar-refractivity contribution in [1.29, 1.82) is 0 Å². The van der Waals surface area contributed by atoms with Crippen molar-refractivity contribution in [2.75, 3.05) is 33.0 Å². The van der Waals surface area contributed by atoms with E-state index in [-0.39, 0.29) is 23.7 Å². The minimum Gasteiger partial charge on any atom is -0.494 e. The number of ether oxygens (including phenoxy) is 5. The lowest BCUT2D eigenvalue weighted by Crippen LogP contribution is -2.26. The summed E-state index contributed by atoms with van der Waals surface area (Å²) in [5, 5.41) is 9.55. The average molecular weight is 621 g/mol. The Morgan fingerprint density at radius 3 is 1.33 bits per heavy atom. The van der Waals surface area contributed by atoms with E-state index in [1.165, 1.54) is 27.8 Å². The van der Waals surface area contributed by atoms with Gasteiger partial charge in [-0.05, 0) is 89.9 Å². The molecule has 7 rings (SSSR count). The zero-order chi connectivity index (χ0) is 31.7. The summed E-state index contributed by atoms with van der Waals surface area (Å²) in [5.74, 6) is 2.98. The van der Waals surface area contributed by atoms with Gasteiger partial charge in [0.25, 0.3) is 0 Å². The smallest absolute Gasteiger partial charge is 0.119 e. The number of hydrogen-bond acceptors (Lipinski definition) is 6. The maximum Gasteiger partial charge on any atom is 0.119 e. The second kappa shape index (κ2) is 12.7. The molecule has 0 amide bonds. The molecule has 0 radical (unpaired) electrons. The van der Waals surface area contributed by atoms with Crippen molar-refractivity contribution in [3.8, 4) is 17.2 Å². The minimum absolute atomic E-state index is 0.128. The molecule has 2 heterocycles. The second-order valence-electron chi connectivity index (χ2n) is 13.6. The summed E-state index contributed by atoms with van der Waals surface area (Å²) in [6.45, 7) is 10.2. The molecular weight excluding hydrogens is 576 g/mol. The Labute approximate surface area is 272 Å². The van der Waals surface area contributed by atoms with E-state index < -0.39 is 5.41 Å². The zero-order valence-electron chi connectivity index (χ0n) is 27.0. The lowest BCUT2D eigenvalue weighted by molar-refractivity contribution is 0.238. The summed E-state index contributed by atoms with van der Waals surface area (Å²) in [6.07, 6.45) is 2.12. The SMILES string of the molecule is CC(C)(c1ccc(OCCC2CC2O)cc1)c1ccc(C(C)(c2ccc(OCC3CO3)cc2)c2ccc(OCC3CO3)cc2)cc1. The van der Waals surface area contributed by atoms with Crippen molar-refractivity contribution < 1.29 is 28.8 Å². The van der Waals surface area contributed by atoms with Gasteiger partial charge in [0.05, 0.1) is 25.9 Å². The molecule has 0 spiro atoms. The molecule has 4 atom stereocenters. The highest BCUT2D eigenvalue weighted by atomic mass is 16.6. The van der Waals surface area contributed by atoms with Gasteiger partial charge < -0.3 is 28.8 Å². The van der Waals surface area contributed by atoms with Gasteiger partial charge in [-0.25, -0.2) is 0 Å². The Morgan fingerprint density at radius 1 is 0.587 bits per heavy atom. The largest absolute Gasteiger partial charge is 0.494 e. The monoisotopic (exact) mass is 620 g/mol. The van der Waals surface area contributed by atoms with Gasteiger partial charge in [0.1, 0.15) is 42.7 Å². The highest BCUT2D eigenvalue weighted by Crippen LogP contribution is 2.42. The van der Waals surface area contributed by atoms with Crippen LogP contribution in [0.1, 0.15) is 61.4 Å². The van der Waals surface area contributed by atoms with Gasteiger partial charge in [0.15, 0.2) is 0 Å². The highest BCUT2D eigenvalue weighted by molar-refractivity contribution is 5.53. The van der Waals surface area contributed by atoms with Crippen LogP contribution in [-0.2, 0) is 20.3 Å².